The third-order valence-electron chi connectivity index (χ3n) is 4.57. The predicted molar refractivity (Wildman–Crippen MR) is 102 cm³/mol. The number of ether oxygens (including phenoxy) is 1. The second kappa shape index (κ2) is 9.28. The summed E-state index contributed by atoms with van der Waals surface area (Å²) < 4.78 is 71.0. The van der Waals surface area contributed by atoms with E-state index in [0.717, 1.165) is 29.1 Å². The number of aromatic nitrogens is 4. The number of carbonyl (C=O) groups is 1. The fourth-order valence-electron chi connectivity index (χ4n) is 2.95. The number of likely N-dealkylation sites (N-methyl/N-ethyl adjacent to an activating group) is 1. The van der Waals surface area contributed by atoms with Gasteiger partial charge in [-0.15, -0.1) is 0 Å². The maximum Gasteiger partial charge on any atom is 0.417 e. The first kappa shape index (κ1) is 23.1. The van der Waals surface area contributed by atoms with Gasteiger partial charge in [-0.2, -0.15) is 28.2 Å². The largest absolute Gasteiger partial charge is 0.475 e. The number of nitrogens with zero attached hydrogens (tertiary/aromatic N) is 5. The smallest absolute Gasteiger partial charge is 0.417 e. The third-order valence-corrected chi connectivity index (χ3v) is 4.57. The van der Waals surface area contributed by atoms with Gasteiger partial charge in [-0.1, -0.05) is 0 Å². The molecular formula is C20H18F5N5O2. The second-order valence-electron chi connectivity index (χ2n) is 6.74. The standard InChI is InChI=1S/C20H18F5N5O2/c1-3-29(12(2)11-32-18-5-4-13(10-26-18)20(23,24)25)19(31)14-8-15(21)16(22)9-17(14)30-27-6-7-28-30/h4-10,12H,3,11H2,1-2H3. The SMILES string of the molecule is CCN(C(=O)c1cc(F)c(F)cc1-n1nccn1)C(C)COc1ccc(C(F)(F)F)cn1. The van der Waals surface area contributed by atoms with Crippen LogP contribution in [0.4, 0.5) is 22.0 Å². The lowest BCUT2D eigenvalue weighted by molar-refractivity contribution is -0.137. The fourth-order valence-corrected chi connectivity index (χ4v) is 2.95. The number of carbonyl (C=O) groups excluding carboxylic acids is 1. The minimum absolute atomic E-state index is 0.0464. The van der Waals surface area contributed by atoms with E-state index in [9.17, 15) is 26.7 Å². The predicted octanol–water partition coefficient (Wildman–Crippen LogP) is 3.89. The van der Waals surface area contributed by atoms with E-state index in [0.29, 0.717) is 6.20 Å². The van der Waals surface area contributed by atoms with Crippen LogP contribution in [0.1, 0.15) is 29.8 Å². The van der Waals surface area contributed by atoms with Gasteiger partial charge in [0.15, 0.2) is 11.6 Å². The molecule has 2 aromatic heterocycles. The molecule has 7 nitrogen and oxygen atoms in total. The first-order valence-corrected chi connectivity index (χ1v) is 9.44. The maximum absolute atomic E-state index is 13.9. The summed E-state index contributed by atoms with van der Waals surface area (Å²) in [6, 6.07) is 2.92. The summed E-state index contributed by atoms with van der Waals surface area (Å²) in [5.41, 5.74) is -1.13. The minimum atomic E-state index is -4.52. The van der Waals surface area contributed by atoms with Crippen LogP contribution in [-0.2, 0) is 6.18 Å². The fraction of sp³-hybridized carbons (Fsp3) is 0.300. The van der Waals surface area contributed by atoms with E-state index in [1.807, 2.05) is 0 Å². The van der Waals surface area contributed by atoms with Crippen LogP contribution in [0.3, 0.4) is 0 Å². The van der Waals surface area contributed by atoms with Crippen LogP contribution < -0.4 is 4.74 Å². The number of pyridine rings is 1. The topological polar surface area (TPSA) is 73.1 Å². The molecule has 170 valence electrons. The molecule has 32 heavy (non-hydrogen) atoms. The Balaban J connectivity index is 1.78. The Labute approximate surface area is 179 Å². The van der Waals surface area contributed by atoms with E-state index in [1.54, 1.807) is 13.8 Å². The summed E-state index contributed by atoms with van der Waals surface area (Å²) in [5.74, 6) is -3.06. The van der Waals surface area contributed by atoms with Crippen LogP contribution in [0.15, 0.2) is 42.9 Å². The number of amides is 1. The van der Waals surface area contributed by atoms with Crippen molar-refractivity contribution >= 4 is 5.91 Å². The average Bonchev–Trinajstić information content (AvgIpc) is 3.28. The summed E-state index contributed by atoms with van der Waals surface area (Å²) in [5, 5.41) is 7.73. The third kappa shape index (κ3) is 5.01. The summed E-state index contributed by atoms with van der Waals surface area (Å²) in [6.45, 7) is 3.40. The molecule has 0 aliphatic carbocycles. The molecule has 12 heteroatoms. The number of hydrogen-bond acceptors (Lipinski definition) is 5. The van der Waals surface area contributed by atoms with Gasteiger partial charge >= 0.3 is 6.18 Å². The van der Waals surface area contributed by atoms with Gasteiger partial charge in [-0.05, 0) is 26.0 Å². The molecule has 1 atom stereocenters. The second-order valence-corrected chi connectivity index (χ2v) is 6.74. The van der Waals surface area contributed by atoms with Gasteiger partial charge in [0.2, 0.25) is 5.88 Å². The van der Waals surface area contributed by atoms with Crippen LogP contribution in [0.5, 0.6) is 5.88 Å². The van der Waals surface area contributed by atoms with Gasteiger partial charge < -0.3 is 9.64 Å². The molecule has 0 radical (unpaired) electrons. The van der Waals surface area contributed by atoms with Gasteiger partial charge in [-0.3, -0.25) is 4.79 Å². The minimum Gasteiger partial charge on any atom is -0.475 e. The summed E-state index contributed by atoms with van der Waals surface area (Å²) in [6.07, 6.45) is -1.23. The lowest BCUT2D eigenvalue weighted by atomic mass is 10.1. The molecule has 0 saturated carbocycles. The van der Waals surface area contributed by atoms with Crippen molar-refractivity contribution in [3.05, 3.63) is 65.6 Å². The van der Waals surface area contributed by atoms with Crippen molar-refractivity contribution in [3.63, 3.8) is 0 Å². The molecule has 1 aromatic carbocycles. The molecule has 0 aliphatic rings. The first-order valence-electron chi connectivity index (χ1n) is 9.44. The van der Waals surface area contributed by atoms with Crippen molar-refractivity contribution in [3.8, 4) is 11.6 Å². The highest BCUT2D eigenvalue weighted by Crippen LogP contribution is 2.29. The molecule has 3 rings (SSSR count). The molecule has 1 amide bonds. The van der Waals surface area contributed by atoms with E-state index < -0.39 is 35.3 Å². The van der Waals surface area contributed by atoms with E-state index in [1.165, 1.54) is 17.3 Å². The zero-order chi connectivity index (χ0) is 23.5. The molecular weight excluding hydrogens is 437 g/mol. The zero-order valence-electron chi connectivity index (χ0n) is 17.0. The normalized spacial score (nSPS) is 12.5. The van der Waals surface area contributed by atoms with Crippen molar-refractivity contribution in [2.75, 3.05) is 13.2 Å². The summed E-state index contributed by atoms with van der Waals surface area (Å²) >= 11 is 0. The van der Waals surface area contributed by atoms with Crippen LogP contribution in [0.25, 0.3) is 5.69 Å². The molecule has 0 bridgehead atoms. The highest BCUT2D eigenvalue weighted by Gasteiger charge is 2.31. The highest BCUT2D eigenvalue weighted by molar-refractivity contribution is 5.98. The number of benzene rings is 1. The van der Waals surface area contributed by atoms with Crippen LogP contribution in [-0.4, -0.2) is 50.0 Å². The number of halogens is 5. The van der Waals surface area contributed by atoms with Crippen molar-refractivity contribution in [1.82, 2.24) is 24.9 Å². The monoisotopic (exact) mass is 455 g/mol. The molecule has 0 fully saturated rings. The lowest BCUT2D eigenvalue weighted by Gasteiger charge is -2.28. The van der Waals surface area contributed by atoms with Crippen molar-refractivity contribution in [2.45, 2.75) is 26.1 Å². The quantitative estimate of drug-likeness (QED) is 0.506. The Kier molecular flexibility index (Phi) is 6.70. The highest BCUT2D eigenvalue weighted by atomic mass is 19.4. The van der Waals surface area contributed by atoms with Gasteiger partial charge in [-0.25, -0.2) is 13.8 Å². The molecule has 0 spiro atoms. The van der Waals surface area contributed by atoms with Gasteiger partial charge in [0, 0.05) is 24.9 Å². The Morgan fingerprint density at radius 1 is 1.16 bits per heavy atom. The number of rotatable bonds is 7. The number of alkyl halides is 3. The molecule has 2 heterocycles. The zero-order valence-corrected chi connectivity index (χ0v) is 17.0. The molecule has 0 N–H and O–H groups in total. The van der Waals surface area contributed by atoms with Crippen LogP contribution in [0.2, 0.25) is 0 Å². The van der Waals surface area contributed by atoms with E-state index in [4.69, 9.17) is 4.74 Å². The Morgan fingerprint density at radius 2 is 1.81 bits per heavy atom. The summed E-state index contributed by atoms with van der Waals surface area (Å²) in [4.78, 5) is 19.1. The van der Waals surface area contributed by atoms with Gasteiger partial charge in [0.05, 0.1) is 29.6 Å². The van der Waals surface area contributed by atoms with Gasteiger partial charge in [0.25, 0.3) is 5.91 Å². The van der Waals surface area contributed by atoms with Crippen LogP contribution in [0, 0.1) is 11.6 Å². The Bertz CT molecular complexity index is 1070. The van der Waals surface area contributed by atoms with Gasteiger partial charge in [0.1, 0.15) is 12.3 Å². The lowest BCUT2D eigenvalue weighted by Crippen LogP contribution is -2.42. The van der Waals surface area contributed by atoms with E-state index in [2.05, 4.69) is 15.2 Å². The molecule has 1 unspecified atom stereocenters. The van der Waals surface area contributed by atoms with E-state index in [-0.39, 0.29) is 30.3 Å². The van der Waals surface area contributed by atoms with Crippen molar-refractivity contribution in [1.29, 1.82) is 0 Å². The molecule has 3 aromatic rings. The van der Waals surface area contributed by atoms with Crippen LogP contribution >= 0.6 is 0 Å². The summed E-state index contributed by atoms with van der Waals surface area (Å²) in [7, 11) is 0. The Hall–Kier alpha value is -3.57. The maximum atomic E-state index is 13.9. The molecule has 0 aliphatic heterocycles. The number of hydrogen-bond donors (Lipinski definition) is 0. The average molecular weight is 455 g/mol. The Morgan fingerprint density at radius 3 is 2.38 bits per heavy atom. The van der Waals surface area contributed by atoms with Crippen molar-refractivity contribution in [2.24, 2.45) is 0 Å². The van der Waals surface area contributed by atoms with E-state index >= 15 is 0 Å². The van der Waals surface area contributed by atoms with Crippen molar-refractivity contribution < 1.29 is 31.5 Å². The first-order chi connectivity index (χ1) is 15.1. The molecule has 0 saturated heterocycles.